The van der Waals surface area contributed by atoms with E-state index >= 15 is 0 Å². The number of nitrogens with zero attached hydrogens (tertiary/aromatic N) is 4. The van der Waals surface area contributed by atoms with Crippen molar-refractivity contribution < 1.29 is 4.39 Å². The minimum atomic E-state index is -0.307. The first kappa shape index (κ1) is 31.6. The standard InChI is InChI=1S/C38H39FN8/c1-5-25(21-40-22-26-10-8-7-9-11-26)16-27(6-2)33-12-13-34-37(44-33)38(46-45-34)35-20-31-32(23-41-24-36(31)43-35)28-17-29(39)19-30(18-28)42-14-15-47(3)4/h5-13,16-20,23-24,40,42-43H,1,14-15,21-22H2,2-4H3,(H,45,46)/b25-16+,27-6+. The van der Waals surface area contributed by atoms with E-state index in [1.54, 1.807) is 18.5 Å². The SMILES string of the molecule is C=C/C(=C\C(=C/C)c1ccc2[nH]nc(-c3cc4c(-c5cc(F)cc(NCCN(C)C)c5)cncc4[nH]3)c2n1)CNCc1ccccc1. The van der Waals surface area contributed by atoms with Crippen molar-refractivity contribution in [3.05, 3.63) is 127 Å². The summed E-state index contributed by atoms with van der Waals surface area (Å²) in [5, 5.41) is 15.5. The third kappa shape index (κ3) is 7.38. The molecular formula is C38H39FN8. The van der Waals surface area contributed by atoms with Gasteiger partial charge in [0.15, 0.2) is 0 Å². The summed E-state index contributed by atoms with van der Waals surface area (Å²) in [4.78, 5) is 15.1. The normalized spacial score (nSPS) is 12.4. The average molecular weight is 627 g/mol. The molecule has 4 N–H and O–H groups in total. The molecule has 9 heteroatoms. The van der Waals surface area contributed by atoms with Crippen LogP contribution in [0.15, 0.2) is 110 Å². The Morgan fingerprint density at radius 2 is 1.87 bits per heavy atom. The van der Waals surface area contributed by atoms with E-state index in [2.05, 4.69) is 66.6 Å². The second-order valence-corrected chi connectivity index (χ2v) is 11.7. The number of likely N-dealkylation sites (N-methyl/N-ethyl adjacent to an activating group) is 1. The highest BCUT2D eigenvalue weighted by molar-refractivity contribution is 6.00. The van der Waals surface area contributed by atoms with Crippen LogP contribution < -0.4 is 10.6 Å². The van der Waals surface area contributed by atoms with Crippen LogP contribution in [-0.4, -0.2) is 63.8 Å². The Hall–Kier alpha value is -5.38. The lowest BCUT2D eigenvalue weighted by Crippen LogP contribution is -2.20. The predicted octanol–water partition coefficient (Wildman–Crippen LogP) is 7.59. The minimum absolute atomic E-state index is 0.307. The van der Waals surface area contributed by atoms with Gasteiger partial charge in [0.2, 0.25) is 0 Å². The summed E-state index contributed by atoms with van der Waals surface area (Å²) in [5.74, 6) is -0.307. The van der Waals surface area contributed by atoms with Crippen LogP contribution >= 0.6 is 0 Å². The molecule has 6 aromatic rings. The van der Waals surface area contributed by atoms with Crippen LogP contribution in [0.4, 0.5) is 10.1 Å². The first-order chi connectivity index (χ1) is 22.9. The van der Waals surface area contributed by atoms with E-state index in [0.717, 1.165) is 74.4 Å². The van der Waals surface area contributed by atoms with Crippen LogP contribution in [0.1, 0.15) is 18.2 Å². The third-order valence-corrected chi connectivity index (χ3v) is 8.02. The third-order valence-electron chi connectivity index (χ3n) is 8.02. The summed E-state index contributed by atoms with van der Waals surface area (Å²) >= 11 is 0. The molecule has 0 aliphatic carbocycles. The van der Waals surface area contributed by atoms with Gasteiger partial charge in [-0.3, -0.25) is 10.1 Å². The van der Waals surface area contributed by atoms with Crippen LogP contribution in [-0.2, 0) is 6.54 Å². The largest absolute Gasteiger partial charge is 0.384 e. The Balaban J connectivity index is 1.29. The number of rotatable bonds is 13. The van der Waals surface area contributed by atoms with Crippen molar-refractivity contribution in [2.75, 3.05) is 39.0 Å². The van der Waals surface area contributed by atoms with Gasteiger partial charge < -0.3 is 20.5 Å². The number of hydrogen-bond acceptors (Lipinski definition) is 6. The number of benzene rings is 2. The van der Waals surface area contributed by atoms with Crippen LogP contribution in [0.5, 0.6) is 0 Å². The van der Waals surface area contributed by atoms with E-state index in [1.165, 1.54) is 11.6 Å². The van der Waals surface area contributed by atoms with Crippen molar-refractivity contribution in [3.63, 3.8) is 0 Å². The molecule has 0 radical (unpaired) electrons. The maximum Gasteiger partial charge on any atom is 0.135 e. The van der Waals surface area contributed by atoms with Crippen LogP contribution in [0, 0.1) is 5.82 Å². The van der Waals surface area contributed by atoms with E-state index in [1.807, 2.05) is 69.6 Å². The molecule has 0 aliphatic rings. The van der Waals surface area contributed by atoms with Gasteiger partial charge in [0.1, 0.15) is 17.0 Å². The van der Waals surface area contributed by atoms with Gasteiger partial charge in [0.25, 0.3) is 0 Å². The molecule has 0 amide bonds. The quantitative estimate of drug-likeness (QED) is 0.0987. The maximum absolute atomic E-state index is 14.7. The van der Waals surface area contributed by atoms with Gasteiger partial charge in [0.05, 0.1) is 28.6 Å². The Labute approximate surface area is 274 Å². The second-order valence-electron chi connectivity index (χ2n) is 11.7. The molecule has 8 nitrogen and oxygen atoms in total. The number of hydrogen-bond donors (Lipinski definition) is 4. The molecule has 0 fully saturated rings. The molecule has 4 aromatic heterocycles. The molecular weight excluding hydrogens is 587 g/mol. The topological polar surface area (TPSA) is 97.5 Å². The first-order valence-electron chi connectivity index (χ1n) is 15.7. The lowest BCUT2D eigenvalue weighted by atomic mass is 10.0. The van der Waals surface area contributed by atoms with Gasteiger partial charge in [-0.05, 0) is 85.8 Å². The van der Waals surface area contributed by atoms with Gasteiger partial charge in [-0.1, -0.05) is 49.1 Å². The Bertz CT molecular complexity index is 2070. The number of allylic oxidation sites excluding steroid dienone is 3. The van der Waals surface area contributed by atoms with Crippen molar-refractivity contribution in [2.45, 2.75) is 13.5 Å². The highest BCUT2D eigenvalue weighted by atomic mass is 19.1. The molecule has 4 heterocycles. The van der Waals surface area contributed by atoms with Crippen molar-refractivity contribution in [1.82, 2.24) is 35.4 Å². The molecule has 0 saturated heterocycles. The molecule has 47 heavy (non-hydrogen) atoms. The van der Waals surface area contributed by atoms with Crippen LogP contribution in [0.3, 0.4) is 0 Å². The summed E-state index contributed by atoms with van der Waals surface area (Å²) in [6, 6.07) is 21.4. The second kappa shape index (κ2) is 14.4. The number of anilines is 1. The lowest BCUT2D eigenvalue weighted by Gasteiger charge is -2.13. The predicted molar refractivity (Wildman–Crippen MR) is 191 cm³/mol. The number of aromatic nitrogens is 5. The number of H-pyrrole nitrogens is 2. The summed E-state index contributed by atoms with van der Waals surface area (Å²) in [6.45, 7) is 9.04. The van der Waals surface area contributed by atoms with Crippen LogP contribution in [0.25, 0.3) is 50.0 Å². The average Bonchev–Trinajstić information content (AvgIpc) is 3.70. The Morgan fingerprint density at radius 3 is 2.66 bits per heavy atom. The fraction of sp³-hybridized carbons (Fsp3) is 0.184. The molecule has 238 valence electrons. The number of halogens is 1. The van der Waals surface area contributed by atoms with Gasteiger partial charge in [-0.2, -0.15) is 5.10 Å². The van der Waals surface area contributed by atoms with E-state index in [-0.39, 0.29) is 5.82 Å². The highest BCUT2D eigenvalue weighted by Gasteiger charge is 2.17. The van der Waals surface area contributed by atoms with E-state index in [9.17, 15) is 4.39 Å². The number of nitrogens with one attached hydrogen (secondary N) is 4. The summed E-state index contributed by atoms with van der Waals surface area (Å²) in [7, 11) is 4.02. The summed E-state index contributed by atoms with van der Waals surface area (Å²) in [5.41, 5.74) is 10.3. The number of fused-ring (bicyclic) bond motifs is 2. The Kier molecular flexibility index (Phi) is 9.66. The van der Waals surface area contributed by atoms with Crippen molar-refractivity contribution in [2.24, 2.45) is 0 Å². The van der Waals surface area contributed by atoms with Crippen molar-refractivity contribution >= 4 is 33.2 Å². The maximum atomic E-state index is 14.7. The molecule has 0 unspecified atom stereocenters. The van der Waals surface area contributed by atoms with Gasteiger partial charge in [-0.25, -0.2) is 9.37 Å². The highest BCUT2D eigenvalue weighted by Crippen LogP contribution is 2.34. The first-order valence-corrected chi connectivity index (χ1v) is 15.7. The van der Waals surface area contributed by atoms with Crippen molar-refractivity contribution in [3.8, 4) is 22.5 Å². The minimum Gasteiger partial charge on any atom is -0.384 e. The monoisotopic (exact) mass is 626 g/mol. The number of aromatic amines is 2. The fourth-order valence-corrected chi connectivity index (χ4v) is 5.56. The van der Waals surface area contributed by atoms with Crippen LogP contribution in [0.2, 0.25) is 0 Å². The number of pyridine rings is 2. The molecule has 0 spiro atoms. The molecule has 0 bridgehead atoms. The molecule has 0 atom stereocenters. The molecule has 2 aromatic carbocycles. The van der Waals surface area contributed by atoms with Gasteiger partial charge >= 0.3 is 0 Å². The van der Waals surface area contributed by atoms with E-state index in [4.69, 9.17) is 4.98 Å². The van der Waals surface area contributed by atoms with Gasteiger partial charge in [0, 0.05) is 49.0 Å². The molecule has 6 rings (SSSR count). The van der Waals surface area contributed by atoms with E-state index < -0.39 is 0 Å². The smallest absolute Gasteiger partial charge is 0.135 e. The zero-order chi connectivity index (χ0) is 32.8. The summed E-state index contributed by atoms with van der Waals surface area (Å²) < 4.78 is 14.7. The molecule has 0 saturated carbocycles. The lowest BCUT2D eigenvalue weighted by molar-refractivity contribution is 0.425. The van der Waals surface area contributed by atoms with Crippen molar-refractivity contribution in [1.29, 1.82) is 0 Å². The zero-order valence-electron chi connectivity index (χ0n) is 26.9. The Morgan fingerprint density at radius 1 is 1.02 bits per heavy atom. The zero-order valence-corrected chi connectivity index (χ0v) is 26.9. The molecule has 0 aliphatic heterocycles. The van der Waals surface area contributed by atoms with E-state index in [0.29, 0.717) is 18.8 Å². The summed E-state index contributed by atoms with van der Waals surface area (Å²) in [6.07, 6.45) is 9.59. The van der Waals surface area contributed by atoms with Gasteiger partial charge in [-0.15, -0.1) is 0 Å². The fourth-order valence-electron chi connectivity index (χ4n) is 5.56.